The molecule has 0 saturated heterocycles. The Balaban J connectivity index is 2.95. The standard InChI is InChI=1S/C7H13N5/c1-3-9-7(11-8)6-4-5-10-12(6)2/h4-5H,3,8H2,1-2H3,(H,9,11). The minimum atomic E-state index is 0.664. The first-order chi connectivity index (χ1) is 5.79. The molecule has 1 aromatic heterocycles. The maximum Gasteiger partial charge on any atom is 0.161 e. The van der Waals surface area contributed by atoms with Gasteiger partial charge in [-0.25, -0.2) is 5.84 Å². The van der Waals surface area contributed by atoms with Crippen LogP contribution in [-0.2, 0) is 7.05 Å². The largest absolute Gasteiger partial charge is 0.307 e. The Morgan fingerprint density at radius 3 is 3.00 bits per heavy atom. The van der Waals surface area contributed by atoms with Crippen LogP contribution in [0.4, 0.5) is 0 Å². The van der Waals surface area contributed by atoms with E-state index in [1.54, 1.807) is 10.9 Å². The third kappa shape index (κ3) is 1.62. The molecule has 1 rings (SSSR count). The molecule has 5 heteroatoms. The van der Waals surface area contributed by atoms with E-state index < -0.39 is 0 Å². The number of aliphatic imine (C=N–C) groups is 1. The first kappa shape index (κ1) is 8.73. The second-order valence-corrected chi connectivity index (χ2v) is 2.31. The lowest BCUT2D eigenvalue weighted by molar-refractivity contribution is 0.752. The predicted octanol–water partition coefficient (Wildman–Crippen LogP) is -0.350. The molecule has 0 atom stereocenters. The topological polar surface area (TPSA) is 68.2 Å². The van der Waals surface area contributed by atoms with Gasteiger partial charge in [-0.2, -0.15) is 5.10 Å². The summed E-state index contributed by atoms with van der Waals surface area (Å²) in [4.78, 5) is 4.17. The minimum Gasteiger partial charge on any atom is -0.307 e. The van der Waals surface area contributed by atoms with Gasteiger partial charge in [0.25, 0.3) is 0 Å². The summed E-state index contributed by atoms with van der Waals surface area (Å²) in [5.41, 5.74) is 3.42. The molecule has 1 heterocycles. The number of nitrogens with one attached hydrogen (secondary N) is 1. The Morgan fingerprint density at radius 1 is 1.83 bits per heavy atom. The van der Waals surface area contributed by atoms with Gasteiger partial charge < -0.3 is 5.43 Å². The van der Waals surface area contributed by atoms with Crippen LogP contribution >= 0.6 is 0 Å². The first-order valence-electron chi connectivity index (χ1n) is 3.79. The number of hydrogen-bond acceptors (Lipinski definition) is 3. The van der Waals surface area contributed by atoms with E-state index >= 15 is 0 Å². The second-order valence-electron chi connectivity index (χ2n) is 2.31. The Bertz CT molecular complexity index is 275. The van der Waals surface area contributed by atoms with Gasteiger partial charge in [-0.1, -0.05) is 0 Å². The average Bonchev–Trinajstić information content (AvgIpc) is 2.47. The number of amidine groups is 1. The molecule has 0 amide bonds. The molecule has 0 unspecified atom stereocenters. The molecule has 0 radical (unpaired) electrons. The SMILES string of the molecule is CCN=C(NN)c1ccnn1C. The fourth-order valence-electron chi connectivity index (χ4n) is 0.965. The zero-order valence-corrected chi connectivity index (χ0v) is 7.28. The summed E-state index contributed by atoms with van der Waals surface area (Å²) in [5.74, 6) is 5.96. The van der Waals surface area contributed by atoms with E-state index in [2.05, 4.69) is 15.5 Å². The molecule has 1 aromatic rings. The van der Waals surface area contributed by atoms with Gasteiger partial charge in [0.2, 0.25) is 0 Å². The van der Waals surface area contributed by atoms with Crippen molar-refractivity contribution in [2.75, 3.05) is 6.54 Å². The molecule has 0 aliphatic rings. The molecular formula is C7H13N5. The van der Waals surface area contributed by atoms with E-state index in [1.165, 1.54) is 0 Å². The third-order valence-corrected chi connectivity index (χ3v) is 1.52. The normalized spacial score (nSPS) is 11.8. The van der Waals surface area contributed by atoms with Gasteiger partial charge >= 0.3 is 0 Å². The number of aryl methyl sites for hydroxylation is 1. The highest BCUT2D eigenvalue weighted by molar-refractivity contribution is 5.96. The van der Waals surface area contributed by atoms with Gasteiger partial charge in [0, 0.05) is 19.8 Å². The van der Waals surface area contributed by atoms with Gasteiger partial charge in [0.15, 0.2) is 5.84 Å². The zero-order chi connectivity index (χ0) is 8.97. The quantitative estimate of drug-likeness (QED) is 0.274. The summed E-state index contributed by atoms with van der Waals surface area (Å²) in [6, 6.07) is 1.86. The number of nitrogens with two attached hydrogens (primary N) is 1. The predicted molar refractivity (Wildman–Crippen MR) is 47.6 cm³/mol. The van der Waals surface area contributed by atoms with E-state index in [4.69, 9.17) is 5.84 Å². The highest BCUT2D eigenvalue weighted by atomic mass is 15.3. The minimum absolute atomic E-state index is 0.664. The van der Waals surface area contributed by atoms with E-state index in [0.717, 1.165) is 5.69 Å². The molecular weight excluding hydrogens is 154 g/mol. The number of hydrazine groups is 1. The van der Waals surface area contributed by atoms with Crippen LogP contribution in [-0.4, -0.2) is 22.2 Å². The van der Waals surface area contributed by atoms with Gasteiger partial charge in [0.05, 0.1) is 0 Å². The number of rotatable bonds is 2. The zero-order valence-electron chi connectivity index (χ0n) is 7.28. The molecule has 12 heavy (non-hydrogen) atoms. The monoisotopic (exact) mass is 167 g/mol. The lowest BCUT2D eigenvalue weighted by atomic mass is 10.4. The van der Waals surface area contributed by atoms with Crippen LogP contribution in [0.25, 0.3) is 0 Å². The highest BCUT2D eigenvalue weighted by Gasteiger charge is 2.04. The fraction of sp³-hybridized carbons (Fsp3) is 0.429. The number of nitrogens with zero attached hydrogens (tertiary/aromatic N) is 3. The molecule has 66 valence electrons. The van der Waals surface area contributed by atoms with Crippen LogP contribution in [0.15, 0.2) is 17.3 Å². The van der Waals surface area contributed by atoms with Crippen molar-refractivity contribution in [2.45, 2.75) is 6.92 Å². The van der Waals surface area contributed by atoms with Crippen molar-refractivity contribution in [3.63, 3.8) is 0 Å². The Morgan fingerprint density at radius 2 is 2.58 bits per heavy atom. The fourth-order valence-corrected chi connectivity index (χ4v) is 0.965. The van der Waals surface area contributed by atoms with Crippen molar-refractivity contribution in [1.82, 2.24) is 15.2 Å². The Kier molecular flexibility index (Phi) is 2.82. The summed E-state index contributed by atoms with van der Waals surface area (Å²) in [6.45, 7) is 2.65. The maximum atomic E-state index is 5.30. The molecule has 0 aromatic carbocycles. The smallest absolute Gasteiger partial charge is 0.161 e. The maximum absolute atomic E-state index is 5.30. The van der Waals surface area contributed by atoms with Gasteiger partial charge in [0.1, 0.15) is 5.69 Å². The summed E-state index contributed by atoms with van der Waals surface area (Å²) < 4.78 is 1.72. The summed E-state index contributed by atoms with van der Waals surface area (Å²) in [5, 5.41) is 4.01. The van der Waals surface area contributed by atoms with E-state index in [9.17, 15) is 0 Å². The van der Waals surface area contributed by atoms with Crippen molar-refractivity contribution in [3.8, 4) is 0 Å². The van der Waals surface area contributed by atoms with Crippen molar-refractivity contribution >= 4 is 5.84 Å². The molecule has 3 N–H and O–H groups in total. The molecule has 0 bridgehead atoms. The average molecular weight is 167 g/mol. The van der Waals surface area contributed by atoms with Crippen molar-refractivity contribution < 1.29 is 0 Å². The van der Waals surface area contributed by atoms with Gasteiger partial charge in [-0.15, -0.1) is 0 Å². The first-order valence-corrected chi connectivity index (χ1v) is 3.79. The number of aromatic nitrogens is 2. The molecule has 5 nitrogen and oxygen atoms in total. The van der Waals surface area contributed by atoms with E-state index in [1.807, 2.05) is 20.0 Å². The summed E-state index contributed by atoms with van der Waals surface area (Å²) in [7, 11) is 1.85. The van der Waals surface area contributed by atoms with Crippen LogP contribution in [0.1, 0.15) is 12.6 Å². The lowest BCUT2D eigenvalue weighted by Crippen LogP contribution is -2.32. The summed E-state index contributed by atoms with van der Waals surface area (Å²) in [6.07, 6.45) is 1.71. The third-order valence-electron chi connectivity index (χ3n) is 1.52. The Labute approximate surface area is 71.3 Å². The van der Waals surface area contributed by atoms with E-state index in [0.29, 0.717) is 12.4 Å². The second kappa shape index (κ2) is 3.87. The van der Waals surface area contributed by atoms with E-state index in [-0.39, 0.29) is 0 Å². The van der Waals surface area contributed by atoms with Gasteiger partial charge in [-0.05, 0) is 13.0 Å². The molecule has 0 aliphatic carbocycles. The van der Waals surface area contributed by atoms with Crippen LogP contribution in [0.5, 0.6) is 0 Å². The van der Waals surface area contributed by atoms with Crippen LogP contribution in [0.2, 0.25) is 0 Å². The molecule has 0 saturated carbocycles. The van der Waals surface area contributed by atoms with Crippen LogP contribution < -0.4 is 11.3 Å². The van der Waals surface area contributed by atoms with Crippen LogP contribution in [0, 0.1) is 0 Å². The van der Waals surface area contributed by atoms with Crippen LogP contribution in [0.3, 0.4) is 0 Å². The highest BCUT2D eigenvalue weighted by Crippen LogP contribution is 1.96. The molecule has 0 spiro atoms. The lowest BCUT2D eigenvalue weighted by Gasteiger charge is -2.04. The van der Waals surface area contributed by atoms with Gasteiger partial charge in [-0.3, -0.25) is 9.67 Å². The van der Waals surface area contributed by atoms with Crippen molar-refractivity contribution in [3.05, 3.63) is 18.0 Å². The van der Waals surface area contributed by atoms with Crippen molar-refractivity contribution in [1.29, 1.82) is 0 Å². The summed E-state index contributed by atoms with van der Waals surface area (Å²) >= 11 is 0. The molecule has 0 aliphatic heterocycles. The molecule has 0 fully saturated rings. The number of hydrogen-bond donors (Lipinski definition) is 2. The van der Waals surface area contributed by atoms with Crippen molar-refractivity contribution in [2.24, 2.45) is 17.9 Å². The Hall–Kier alpha value is -1.36.